The van der Waals surface area contributed by atoms with Gasteiger partial charge in [0.05, 0.1) is 7.11 Å². The molecule has 1 aromatic rings. The monoisotopic (exact) mass is 248 g/mol. The zero-order valence-corrected chi connectivity index (χ0v) is 11.8. The van der Waals surface area contributed by atoms with Crippen molar-refractivity contribution in [3.8, 4) is 5.75 Å². The molecule has 0 aliphatic heterocycles. The van der Waals surface area contributed by atoms with Gasteiger partial charge in [0.2, 0.25) is 0 Å². The van der Waals surface area contributed by atoms with Crippen LogP contribution in [0, 0.1) is 0 Å². The lowest BCUT2D eigenvalue weighted by Crippen LogP contribution is -2.40. The first-order chi connectivity index (χ1) is 8.67. The second kappa shape index (κ2) is 5.72. The Kier molecular flexibility index (Phi) is 4.25. The molecule has 3 heteroatoms. The van der Waals surface area contributed by atoms with Crippen LogP contribution in [0.2, 0.25) is 0 Å². The van der Waals surface area contributed by atoms with Crippen molar-refractivity contribution >= 4 is 0 Å². The molecule has 0 heterocycles. The Balaban J connectivity index is 2.10. The fourth-order valence-electron chi connectivity index (χ4n) is 2.55. The second-order valence-electron chi connectivity index (χ2n) is 5.18. The van der Waals surface area contributed by atoms with Crippen molar-refractivity contribution in [2.75, 3.05) is 21.2 Å². The number of hydrogen-bond donors (Lipinski definition) is 1. The van der Waals surface area contributed by atoms with E-state index in [1.807, 2.05) is 19.2 Å². The molecule has 2 rings (SSSR count). The molecule has 1 aliphatic carbocycles. The predicted molar refractivity (Wildman–Crippen MR) is 75.0 cm³/mol. The van der Waals surface area contributed by atoms with Crippen molar-refractivity contribution in [1.82, 2.24) is 10.2 Å². The van der Waals surface area contributed by atoms with Gasteiger partial charge >= 0.3 is 0 Å². The van der Waals surface area contributed by atoms with Crippen molar-refractivity contribution in [1.29, 1.82) is 0 Å². The van der Waals surface area contributed by atoms with Crippen molar-refractivity contribution in [3.05, 3.63) is 29.8 Å². The number of nitrogens with one attached hydrogen (secondary N) is 1. The molecule has 2 atom stereocenters. The lowest BCUT2D eigenvalue weighted by atomic mass is 9.99. The summed E-state index contributed by atoms with van der Waals surface area (Å²) in [7, 11) is 5.97. The van der Waals surface area contributed by atoms with Crippen LogP contribution >= 0.6 is 0 Å². The molecule has 100 valence electrons. The highest BCUT2D eigenvalue weighted by Crippen LogP contribution is 2.31. The molecule has 1 aliphatic rings. The van der Waals surface area contributed by atoms with E-state index in [2.05, 4.69) is 36.3 Å². The zero-order valence-electron chi connectivity index (χ0n) is 11.8. The van der Waals surface area contributed by atoms with E-state index in [1.54, 1.807) is 7.11 Å². The van der Waals surface area contributed by atoms with Gasteiger partial charge in [-0.3, -0.25) is 4.90 Å². The van der Waals surface area contributed by atoms with Gasteiger partial charge in [-0.25, -0.2) is 0 Å². The van der Waals surface area contributed by atoms with Crippen LogP contribution in [0.25, 0.3) is 0 Å². The molecule has 1 aromatic carbocycles. The van der Waals surface area contributed by atoms with E-state index in [9.17, 15) is 0 Å². The van der Waals surface area contributed by atoms with Crippen LogP contribution in [0.1, 0.15) is 31.4 Å². The first kappa shape index (κ1) is 13.4. The van der Waals surface area contributed by atoms with E-state index in [1.165, 1.54) is 18.4 Å². The molecule has 0 spiro atoms. The highest BCUT2D eigenvalue weighted by atomic mass is 16.5. The fourth-order valence-corrected chi connectivity index (χ4v) is 2.55. The standard InChI is InChI=1S/C15H24N2O/c1-11(17(3)13-7-8-13)15(16-2)12-5-9-14(18-4)10-6-12/h5-6,9-11,13,15-16H,7-8H2,1-4H3. The van der Waals surface area contributed by atoms with Crippen LogP contribution in [0.15, 0.2) is 24.3 Å². The van der Waals surface area contributed by atoms with Gasteiger partial charge in [-0.1, -0.05) is 12.1 Å². The molecule has 2 unspecified atom stereocenters. The van der Waals surface area contributed by atoms with E-state index in [-0.39, 0.29) is 0 Å². The summed E-state index contributed by atoms with van der Waals surface area (Å²) in [5.74, 6) is 0.914. The minimum Gasteiger partial charge on any atom is -0.497 e. The van der Waals surface area contributed by atoms with Gasteiger partial charge in [0, 0.05) is 18.1 Å². The largest absolute Gasteiger partial charge is 0.497 e. The lowest BCUT2D eigenvalue weighted by molar-refractivity contribution is 0.203. The highest BCUT2D eigenvalue weighted by Gasteiger charge is 2.32. The number of benzene rings is 1. The predicted octanol–water partition coefficient (Wildman–Crippen LogP) is 2.44. The molecule has 3 nitrogen and oxygen atoms in total. The van der Waals surface area contributed by atoms with Crippen LogP contribution < -0.4 is 10.1 Å². The van der Waals surface area contributed by atoms with Crippen molar-refractivity contribution in [2.45, 2.75) is 37.9 Å². The summed E-state index contributed by atoms with van der Waals surface area (Å²) < 4.78 is 5.21. The topological polar surface area (TPSA) is 24.5 Å². The average Bonchev–Trinajstić information content (AvgIpc) is 3.23. The molecule has 0 radical (unpaired) electrons. The van der Waals surface area contributed by atoms with Crippen molar-refractivity contribution in [3.63, 3.8) is 0 Å². The maximum Gasteiger partial charge on any atom is 0.118 e. The van der Waals surface area contributed by atoms with Gasteiger partial charge in [-0.05, 0) is 51.6 Å². The minimum atomic E-state index is 0.363. The normalized spacial score (nSPS) is 18.7. The summed E-state index contributed by atoms with van der Waals surface area (Å²) in [6.07, 6.45) is 2.69. The van der Waals surface area contributed by atoms with E-state index < -0.39 is 0 Å². The Morgan fingerprint density at radius 3 is 2.33 bits per heavy atom. The zero-order chi connectivity index (χ0) is 13.1. The molecule has 0 saturated heterocycles. The number of likely N-dealkylation sites (N-methyl/N-ethyl adjacent to an activating group) is 2. The molecular formula is C15H24N2O. The smallest absolute Gasteiger partial charge is 0.118 e. The third-order valence-corrected chi connectivity index (χ3v) is 4.03. The first-order valence-corrected chi connectivity index (χ1v) is 6.70. The van der Waals surface area contributed by atoms with Gasteiger partial charge in [-0.15, -0.1) is 0 Å². The second-order valence-corrected chi connectivity index (χ2v) is 5.18. The van der Waals surface area contributed by atoms with Gasteiger partial charge < -0.3 is 10.1 Å². The summed E-state index contributed by atoms with van der Waals surface area (Å²) >= 11 is 0. The Hall–Kier alpha value is -1.06. The molecule has 1 N–H and O–H groups in total. The maximum atomic E-state index is 5.21. The fraction of sp³-hybridized carbons (Fsp3) is 0.600. The summed E-state index contributed by atoms with van der Waals surface area (Å²) in [5.41, 5.74) is 1.32. The van der Waals surface area contributed by atoms with E-state index in [0.717, 1.165) is 11.8 Å². The summed E-state index contributed by atoms with van der Waals surface area (Å²) in [6, 6.07) is 10.0. The average molecular weight is 248 g/mol. The minimum absolute atomic E-state index is 0.363. The molecule has 1 saturated carbocycles. The Morgan fingerprint density at radius 1 is 1.28 bits per heavy atom. The number of nitrogens with zero attached hydrogens (tertiary/aromatic N) is 1. The number of methoxy groups -OCH3 is 1. The van der Waals surface area contributed by atoms with Crippen molar-refractivity contribution in [2.24, 2.45) is 0 Å². The Morgan fingerprint density at radius 2 is 1.89 bits per heavy atom. The quantitative estimate of drug-likeness (QED) is 0.837. The third-order valence-electron chi connectivity index (χ3n) is 4.03. The molecule has 1 fully saturated rings. The van der Waals surface area contributed by atoms with Gasteiger partial charge in [0.1, 0.15) is 5.75 Å². The summed E-state index contributed by atoms with van der Waals surface area (Å²) in [6.45, 7) is 2.30. The number of hydrogen-bond acceptors (Lipinski definition) is 3. The van der Waals surface area contributed by atoms with Crippen LogP contribution in [-0.2, 0) is 0 Å². The first-order valence-electron chi connectivity index (χ1n) is 6.70. The summed E-state index contributed by atoms with van der Waals surface area (Å²) in [5, 5.41) is 3.44. The molecule has 0 bridgehead atoms. The summed E-state index contributed by atoms with van der Waals surface area (Å²) in [4.78, 5) is 2.49. The van der Waals surface area contributed by atoms with Gasteiger partial charge in [0.15, 0.2) is 0 Å². The van der Waals surface area contributed by atoms with Crippen LogP contribution in [0.4, 0.5) is 0 Å². The Labute approximate surface area is 110 Å². The molecular weight excluding hydrogens is 224 g/mol. The molecule has 0 amide bonds. The molecule has 0 aromatic heterocycles. The van der Waals surface area contributed by atoms with Crippen LogP contribution in [0.5, 0.6) is 5.75 Å². The van der Waals surface area contributed by atoms with E-state index in [0.29, 0.717) is 12.1 Å². The Bertz CT molecular complexity index is 373. The number of rotatable bonds is 6. The maximum absolute atomic E-state index is 5.21. The number of ether oxygens (including phenoxy) is 1. The molecule has 18 heavy (non-hydrogen) atoms. The van der Waals surface area contributed by atoms with Crippen molar-refractivity contribution < 1.29 is 4.74 Å². The highest BCUT2D eigenvalue weighted by molar-refractivity contribution is 5.29. The van der Waals surface area contributed by atoms with Gasteiger partial charge in [-0.2, -0.15) is 0 Å². The van der Waals surface area contributed by atoms with Crippen LogP contribution in [-0.4, -0.2) is 38.2 Å². The van der Waals surface area contributed by atoms with Crippen LogP contribution in [0.3, 0.4) is 0 Å². The van der Waals surface area contributed by atoms with Gasteiger partial charge in [0.25, 0.3) is 0 Å². The lowest BCUT2D eigenvalue weighted by Gasteiger charge is -2.32. The third kappa shape index (κ3) is 2.85. The van der Waals surface area contributed by atoms with E-state index >= 15 is 0 Å². The van der Waals surface area contributed by atoms with E-state index in [4.69, 9.17) is 4.74 Å². The SMILES string of the molecule is CNC(c1ccc(OC)cc1)C(C)N(C)C1CC1.